The van der Waals surface area contributed by atoms with E-state index in [9.17, 15) is 4.79 Å². The largest absolute Gasteiger partial charge is 0.465 e. The van der Waals surface area contributed by atoms with E-state index in [4.69, 9.17) is 4.74 Å². The number of hydrogen-bond donors (Lipinski definition) is 1. The molecule has 1 heterocycles. The third-order valence-corrected chi connectivity index (χ3v) is 4.67. The molecule has 1 saturated heterocycles. The number of carbonyl (C=O) groups is 1. The van der Waals surface area contributed by atoms with Gasteiger partial charge in [-0.05, 0) is 60.0 Å². The van der Waals surface area contributed by atoms with Crippen molar-refractivity contribution in [1.82, 2.24) is 10.2 Å². The second-order valence-corrected chi connectivity index (χ2v) is 6.57. The fourth-order valence-electron chi connectivity index (χ4n) is 3.57. The first kappa shape index (κ1) is 18.4. The summed E-state index contributed by atoms with van der Waals surface area (Å²) in [7, 11) is 0. The maximum Gasteiger partial charge on any atom is 0.326 e. The zero-order valence-corrected chi connectivity index (χ0v) is 14.6. The molecule has 124 valence electrons. The molecule has 0 aromatic heterocycles. The molecule has 0 bridgehead atoms. The van der Waals surface area contributed by atoms with Gasteiger partial charge in [0.25, 0.3) is 0 Å². The summed E-state index contributed by atoms with van der Waals surface area (Å²) < 4.78 is 5.28. The molecule has 4 nitrogen and oxygen atoms in total. The van der Waals surface area contributed by atoms with Gasteiger partial charge in [-0.3, -0.25) is 9.69 Å². The summed E-state index contributed by atoms with van der Waals surface area (Å²) in [5.74, 6) is -0.124. The van der Waals surface area contributed by atoms with Crippen molar-refractivity contribution in [2.45, 2.75) is 84.3 Å². The van der Waals surface area contributed by atoms with Gasteiger partial charge in [-0.2, -0.15) is 0 Å². The van der Waals surface area contributed by atoms with Crippen molar-refractivity contribution >= 4 is 5.97 Å². The van der Waals surface area contributed by atoms with E-state index in [-0.39, 0.29) is 5.97 Å². The normalized spacial score (nSPS) is 24.9. The molecule has 3 atom stereocenters. The lowest BCUT2D eigenvalue weighted by atomic mass is 9.92. The predicted octanol–water partition coefficient (Wildman–Crippen LogP) is 2.96. The average molecular weight is 298 g/mol. The van der Waals surface area contributed by atoms with Crippen LogP contribution >= 0.6 is 0 Å². The lowest BCUT2D eigenvalue weighted by Gasteiger charge is -2.38. The van der Waals surface area contributed by atoms with Gasteiger partial charge in [0, 0.05) is 12.1 Å². The Hall–Kier alpha value is -0.610. The number of nitrogens with zero attached hydrogens (tertiary/aromatic N) is 1. The third-order valence-electron chi connectivity index (χ3n) is 4.67. The molecule has 4 heteroatoms. The fourth-order valence-corrected chi connectivity index (χ4v) is 3.57. The van der Waals surface area contributed by atoms with Crippen molar-refractivity contribution in [2.24, 2.45) is 0 Å². The molecule has 0 spiro atoms. The van der Waals surface area contributed by atoms with E-state index in [2.05, 4.69) is 24.1 Å². The highest BCUT2D eigenvalue weighted by Crippen LogP contribution is 2.24. The summed E-state index contributed by atoms with van der Waals surface area (Å²) in [5, 5.41) is 3.34. The van der Waals surface area contributed by atoms with Crippen LogP contribution in [0.1, 0.15) is 66.7 Å². The number of rotatable bonds is 7. The van der Waals surface area contributed by atoms with Gasteiger partial charge in [0.1, 0.15) is 5.54 Å². The van der Waals surface area contributed by atoms with Crippen LogP contribution in [0.25, 0.3) is 0 Å². The zero-order chi connectivity index (χ0) is 15.9. The van der Waals surface area contributed by atoms with Crippen LogP contribution in [0.3, 0.4) is 0 Å². The van der Waals surface area contributed by atoms with E-state index in [0.29, 0.717) is 18.7 Å². The SMILES string of the molecule is CCNC(C)(CC(C)N1CCCCCC1C)C(=O)OCC. The molecule has 1 aliphatic rings. The van der Waals surface area contributed by atoms with Crippen molar-refractivity contribution in [3.63, 3.8) is 0 Å². The third kappa shape index (κ3) is 5.26. The molecule has 0 radical (unpaired) electrons. The summed E-state index contributed by atoms with van der Waals surface area (Å²) in [6, 6.07) is 0.988. The Balaban J connectivity index is 2.74. The Kier molecular flexibility index (Phi) is 7.67. The molecule has 0 aromatic rings. The molecular weight excluding hydrogens is 264 g/mol. The molecule has 1 rings (SSSR count). The van der Waals surface area contributed by atoms with Crippen molar-refractivity contribution in [1.29, 1.82) is 0 Å². The summed E-state index contributed by atoms with van der Waals surface area (Å²) in [6.45, 7) is 12.8. The molecule has 1 N–H and O–H groups in total. The molecule has 0 amide bonds. The fraction of sp³-hybridized carbons (Fsp3) is 0.941. The van der Waals surface area contributed by atoms with E-state index in [0.717, 1.165) is 19.5 Å². The minimum atomic E-state index is -0.587. The van der Waals surface area contributed by atoms with Crippen molar-refractivity contribution in [3.8, 4) is 0 Å². The van der Waals surface area contributed by atoms with Gasteiger partial charge in [-0.15, -0.1) is 0 Å². The van der Waals surface area contributed by atoms with Gasteiger partial charge in [0.15, 0.2) is 0 Å². The molecule has 0 saturated carbocycles. The Labute approximate surface area is 130 Å². The summed E-state index contributed by atoms with van der Waals surface area (Å²) >= 11 is 0. The molecule has 3 unspecified atom stereocenters. The Morgan fingerprint density at radius 2 is 2.10 bits per heavy atom. The van der Waals surface area contributed by atoms with E-state index in [1.54, 1.807) is 0 Å². The van der Waals surface area contributed by atoms with Crippen molar-refractivity contribution in [2.75, 3.05) is 19.7 Å². The van der Waals surface area contributed by atoms with Gasteiger partial charge in [-0.25, -0.2) is 0 Å². The lowest BCUT2D eigenvalue weighted by molar-refractivity contribution is -0.151. The standard InChI is InChI=1S/C17H34N2O2/c1-6-18-17(5,16(20)21-7-2)13-15(4)19-12-10-8-9-11-14(19)3/h14-15,18H,6-13H2,1-5H3. The highest BCUT2D eigenvalue weighted by atomic mass is 16.5. The highest BCUT2D eigenvalue weighted by molar-refractivity contribution is 5.80. The first-order valence-corrected chi connectivity index (χ1v) is 8.62. The van der Waals surface area contributed by atoms with Crippen LogP contribution in [0, 0.1) is 0 Å². The number of likely N-dealkylation sites (N-methyl/N-ethyl adjacent to an activating group) is 1. The molecule has 1 aliphatic heterocycles. The van der Waals surface area contributed by atoms with Crippen LogP contribution in [0.5, 0.6) is 0 Å². The minimum absolute atomic E-state index is 0.124. The Morgan fingerprint density at radius 3 is 2.71 bits per heavy atom. The first-order chi connectivity index (χ1) is 9.94. The smallest absolute Gasteiger partial charge is 0.326 e. The average Bonchev–Trinajstić information content (AvgIpc) is 2.63. The lowest BCUT2D eigenvalue weighted by Crippen LogP contribution is -2.55. The molecule has 21 heavy (non-hydrogen) atoms. The minimum Gasteiger partial charge on any atom is -0.465 e. The second-order valence-electron chi connectivity index (χ2n) is 6.57. The van der Waals surface area contributed by atoms with E-state index in [1.165, 1.54) is 25.7 Å². The van der Waals surface area contributed by atoms with Gasteiger partial charge in [0.2, 0.25) is 0 Å². The summed E-state index contributed by atoms with van der Waals surface area (Å²) in [6.07, 6.45) is 5.99. The monoisotopic (exact) mass is 298 g/mol. The topological polar surface area (TPSA) is 41.6 Å². The predicted molar refractivity (Wildman–Crippen MR) is 87.4 cm³/mol. The number of hydrogen-bond acceptors (Lipinski definition) is 4. The number of nitrogens with one attached hydrogen (secondary N) is 1. The van der Waals surface area contributed by atoms with Gasteiger partial charge in [0.05, 0.1) is 6.61 Å². The van der Waals surface area contributed by atoms with Crippen LogP contribution in [0.15, 0.2) is 0 Å². The summed E-state index contributed by atoms with van der Waals surface area (Å²) in [4.78, 5) is 14.9. The molecule has 0 aliphatic carbocycles. The zero-order valence-electron chi connectivity index (χ0n) is 14.6. The van der Waals surface area contributed by atoms with Gasteiger partial charge < -0.3 is 10.1 Å². The molecule has 0 aromatic carbocycles. The molecule has 1 fully saturated rings. The van der Waals surface area contributed by atoms with Crippen LogP contribution in [0.4, 0.5) is 0 Å². The van der Waals surface area contributed by atoms with Crippen LogP contribution in [0.2, 0.25) is 0 Å². The molecular formula is C17H34N2O2. The Morgan fingerprint density at radius 1 is 1.38 bits per heavy atom. The maximum absolute atomic E-state index is 12.3. The highest BCUT2D eigenvalue weighted by Gasteiger charge is 2.37. The van der Waals surface area contributed by atoms with E-state index >= 15 is 0 Å². The number of likely N-dealkylation sites (tertiary alicyclic amines) is 1. The van der Waals surface area contributed by atoms with Crippen LogP contribution in [-0.4, -0.2) is 48.2 Å². The van der Waals surface area contributed by atoms with Crippen molar-refractivity contribution in [3.05, 3.63) is 0 Å². The Bertz CT molecular complexity index is 322. The van der Waals surface area contributed by atoms with Gasteiger partial charge >= 0.3 is 5.97 Å². The number of ether oxygens (including phenoxy) is 1. The number of esters is 1. The van der Waals surface area contributed by atoms with Crippen LogP contribution < -0.4 is 5.32 Å². The van der Waals surface area contributed by atoms with Crippen LogP contribution in [-0.2, 0) is 9.53 Å². The first-order valence-electron chi connectivity index (χ1n) is 8.62. The van der Waals surface area contributed by atoms with Crippen molar-refractivity contribution < 1.29 is 9.53 Å². The van der Waals surface area contributed by atoms with E-state index in [1.807, 2.05) is 20.8 Å². The quantitative estimate of drug-likeness (QED) is 0.734. The second kappa shape index (κ2) is 8.74. The summed E-state index contributed by atoms with van der Waals surface area (Å²) in [5.41, 5.74) is -0.587. The maximum atomic E-state index is 12.3. The van der Waals surface area contributed by atoms with E-state index < -0.39 is 5.54 Å². The number of carbonyl (C=O) groups excluding carboxylic acids is 1. The van der Waals surface area contributed by atoms with Gasteiger partial charge in [-0.1, -0.05) is 19.8 Å².